The number of rotatable bonds is 5. The van der Waals surface area contributed by atoms with Crippen LogP contribution >= 0.6 is 0 Å². The molecule has 9 nitrogen and oxygen atoms in total. The Hall–Kier alpha value is -4.62. The number of nitrogens with one attached hydrogen (secondary N) is 1. The lowest BCUT2D eigenvalue weighted by molar-refractivity contribution is -0.140. The van der Waals surface area contributed by atoms with Crippen LogP contribution in [0, 0.1) is 0 Å². The van der Waals surface area contributed by atoms with Crippen molar-refractivity contribution in [1.29, 1.82) is 0 Å². The van der Waals surface area contributed by atoms with Crippen molar-refractivity contribution in [3.8, 4) is 22.8 Å². The molecule has 4 aromatic heterocycles. The van der Waals surface area contributed by atoms with E-state index < -0.39 is 36.6 Å². The molecule has 6 rings (SSSR count). The van der Waals surface area contributed by atoms with Crippen molar-refractivity contribution < 1.29 is 22.0 Å². The van der Waals surface area contributed by atoms with Gasteiger partial charge in [0.2, 0.25) is 0 Å². The van der Waals surface area contributed by atoms with Gasteiger partial charge in [0.1, 0.15) is 17.2 Å². The van der Waals surface area contributed by atoms with Crippen LogP contribution in [0.15, 0.2) is 59.8 Å². The first kappa shape index (κ1) is 24.7. The molecule has 1 aromatic carbocycles. The molecular formula is C25H19F5N8O. The van der Waals surface area contributed by atoms with E-state index in [9.17, 15) is 26.7 Å². The number of fused-ring (bicyclic) bond motifs is 1. The third kappa shape index (κ3) is 4.51. The number of hydrogen-bond acceptors (Lipinski definition) is 6. The number of aryl methyl sites for hydroxylation is 1. The summed E-state index contributed by atoms with van der Waals surface area (Å²) in [6.45, 7) is -0.804. The molecule has 0 unspecified atom stereocenters. The van der Waals surface area contributed by atoms with Crippen molar-refractivity contribution in [2.75, 3.05) is 18.0 Å². The minimum Gasteiger partial charge on any atom is -0.344 e. The Bertz CT molecular complexity index is 1750. The maximum Gasteiger partial charge on any atom is 0.434 e. The summed E-state index contributed by atoms with van der Waals surface area (Å²) in [4.78, 5) is 33.7. The Labute approximate surface area is 216 Å². The number of halogens is 5. The predicted octanol–water partition coefficient (Wildman–Crippen LogP) is 4.10. The van der Waals surface area contributed by atoms with Crippen molar-refractivity contribution in [3.63, 3.8) is 0 Å². The van der Waals surface area contributed by atoms with E-state index in [1.54, 1.807) is 36.4 Å². The van der Waals surface area contributed by atoms with Crippen LogP contribution in [0.2, 0.25) is 0 Å². The monoisotopic (exact) mass is 542 g/mol. The van der Waals surface area contributed by atoms with Crippen LogP contribution in [0.4, 0.5) is 27.8 Å². The van der Waals surface area contributed by atoms with Gasteiger partial charge >= 0.3 is 11.9 Å². The van der Waals surface area contributed by atoms with Crippen LogP contribution < -0.4 is 10.6 Å². The largest absolute Gasteiger partial charge is 0.434 e. The van der Waals surface area contributed by atoms with Crippen molar-refractivity contribution in [1.82, 2.24) is 34.1 Å². The average molecular weight is 542 g/mol. The first-order chi connectivity index (χ1) is 18.5. The molecule has 0 radical (unpaired) electrons. The van der Waals surface area contributed by atoms with Crippen molar-refractivity contribution in [2.45, 2.75) is 18.6 Å². The zero-order chi connectivity index (χ0) is 27.5. The molecule has 39 heavy (non-hydrogen) atoms. The van der Waals surface area contributed by atoms with Gasteiger partial charge in [-0.25, -0.2) is 33.5 Å². The second-order valence-electron chi connectivity index (χ2n) is 9.29. The van der Waals surface area contributed by atoms with Gasteiger partial charge in [-0.1, -0.05) is 24.3 Å². The van der Waals surface area contributed by atoms with Crippen LogP contribution in [0.3, 0.4) is 0 Å². The Kier molecular flexibility index (Phi) is 5.52. The first-order valence-corrected chi connectivity index (χ1v) is 11.7. The standard InChI is InChI=1S/C25H19F5N8O/c1-36-11-18(25(28,29)30)34-20(36)15-6-4-14(5-7-15)10-38-22-17(33-23(38)39)9-32-19(35-22)16-3-2-8-31-21(16)37-12-24(26,27)13-37/h2-9,11H,10,12-13H2,1H3,(H,33,39). The number of aromatic nitrogens is 7. The second kappa shape index (κ2) is 8.71. The molecular weight excluding hydrogens is 523 g/mol. The van der Waals surface area contributed by atoms with E-state index in [1.165, 1.54) is 33.5 Å². The summed E-state index contributed by atoms with van der Waals surface area (Å²) in [7, 11) is 1.48. The van der Waals surface area contributed by atoms with Gasteiger partial charge < -0.3 is 14.5 Å². The fourth-order valence-corrected chi connectivity index (χ4v) is 4.52. The molecule has 1 N–H and O–H groups in total. The molecule has 1 aliphatic heterocycles. The Balaban J connectivity index is 1.31. The molecule has 5 heterocycles. The molecule has 0 amide bonds. The molecule has 1 aliphatic rings. The van der Waals surface area contributed by atoms with Gasteiger partial charge in [0, 0.05) is 25.0 Å². The van der Waals surface area contributed by atoms with E-state index in [0.29, 0.717) is 33.7 Å². The molecule has 0 aliphatic carbocycles. The minimum atomic E-state index is -4.55. The summed E-state index contributed by atoms with van der Waals surface area (Å²) in [5.41, 5.74) is 0.890. The Morgan fingerprint density at radius 2 is 1.79 bits per heavy atom. The molecule has 1 saturated heterocycles. The number of aromatic amines is 1. The fourth-order valence-electron chi connectivity index (χ4n) is 4.52. The summed E-state index contributed by atoms with van der Waals surface area (Å²) < 4.78 is 68.7. The highest BCUT2D eigenvalue weighted by Gasteiger charge is 2.45. The van der Waals surface area contributed by atoms with Crippen LogP contribution in [-0.2, 0) is 19.8 Å². The van der Waals surface area contributed by atoms with E-state index in [2.05, 4.69) is 24.9 Å². The third-order valence-electron chi connectivity index (χ3n) is 6.40. The lowest BCUT2D eigenvalue weighted by atomic mass is 10.1. The van der Waals surface area contributed by atoms with E-state index >= 15 is 0 Å². The minimum absolute atomic E-state index is 0.113. The molecule has 0 spiro atoms. The van der Waals surface area contributed by atoms with Crippen LogP contribution in [0.5, 0.6) is 0 Å². The zero-order valence-electron chi connectivity index (χ0n) is 20.2. The highest BCUT2D eigenvalue weighted by Crippen LogP contribution is 2.35. The predicted molar refractivity (Wildman–Crippen MR) is 131 cm³/mol. The van der Waals surface area contributed by atoms with E-state index in [0.717, 1.165) is 6.20 Å². The molecule has 1 fully saturated rings. The van der Waals surface area contributed by atoms with Gasteiger partial charge in [0.25, 0.3) is 5.92 Å². The van der Waals surface area contributed by atoms with Gasteiger partial charge in [-0.3, -0.25) is 4.57 Å². The molecule has 0 atom stereocenters. The third-order valence-corrected chi connectivity index (χ3v) is 6.40. The first-order valence-electron chi connectivity index (χ1n) is 11.7. The highest BCUT2D eigenvalue weighted by atomic mass is 19.4. The highest BCUT2D eigenvalue weighted by molar-refractivity contribution is 5.77. The fraction of sp³-hybridized carbons (Fsp3) is 0.240. The van der Waals surface area contributed by atoms with Gasteiger partial charge in [0.05, 0.1) is 31.4 Å². The van der Waals surface area contributed by atoms with Gasteiger partial charge in [-0.05, 0) is 17.7 Å². The lowest BCUT2D eigenvalue weighted by Gasteiger charge is -2.40. The molecule has 5 aromatic rings. The van der Waals surface area contributed by atoms with E-state index in [4.69, 9.17) is 0 Å². The summed E-state index contributed by atoms with van der Waals surface area (Å²) in [5.74, 6) is -2.08. The lowest BCUT2D eigenvalue weighted by Crippen LogP contribution is -2.56. The zero-order valence-corrected chi connectivity index (χ0v) is 20.2. The van der Waals surface area contributed by atoms with Gasteiger partial charge in [0.15, 0.2) is 17.2 Å². The number of anilines is 1. The van der Waals surface area contributed by atoms with Crippen LogP contribution in [-0.4, -0.2) is 53.1 Å². The SMILES string of the molecule is Cn1cc(C(F)(F)F)nc1-c1ccc(Cn2c(=O)[nH]c3cnc(-c4cccnc4N4CC(F)(F)C4)nc32)cc1. The maximum absolute atomic E-state index is 13.5. The summed E-state index contributed by atoms with van der Waals surface area (Å²) in [6.07, 6.45) is -0.685. The summed E-state index contributed by atoms with van der Waals surface area (Å²) in [6, 6.07) is 9.96. The number of alkyl halides is 5. The number of pyridine rings is 1. The number of H-pyrrole nitrogens is 1. The maximum atomic E-state index is 13.5. The topological polar surface area (TPSA) is 97.5 Å². The summed E-state index contributed by atoms with van der Waals surface area (Å²) in [5, 5.41) is 0. The number of hydrogen-bond donors (Lipinski definition) is 1. The van der Waals surface area contributed by atoms with Gasteiger partial charge in [-0.2, -0.15) is 13.2 Å². The Morgan fingerprint density at radius 3 is 2.46 bits per heavy atom. The van der Waals surface area contributed by atoms with Crippen molar-refractivity contribution in [3.05, 3.63) is 76.7 Å². The van der Waals surface area contributed by atoms with Crippen LogP contribution in [0.25, 0.3) is 33.9 Å². The number of benzene rings is 1. The summed E-state index contributed by atoms with van der Waals surface area (Å²) >= 11 is 0. The van der Waals surface area contributed by atoms with Crippen molar-refractivity contribution in [2.24, 2.45) is 7.05 Å². The second-order valence-corrected chi connectivity index (χ2v) is 9.29. The number of imidazole rings is 2. The van der Waals surface area contributed by atoms with Crippen LogP contribution in [0.1, 0.15) is 11.3 Å². The average Bonchev–Trinajstić information content (AvgIpc) is 3.42. The molecule has 14 heteroatoms. The van der Waals surface area contributed by atoms with Crippen molar-refractivity contribution >= 4 is 17.0 Å². The molecule has 0 bridgehead atoms. The smallest absolute Gasteiger partial charge is 0.344 e. The molecule has 0 saturated carbocycles. The number of nitrogens with zero attached hydrogens (tertiary/aromatic N) is 7. The van der Waals surface area contributed by atoms with Gasteiger partial charge in [-0.15, -0.1) is 0 Å². The van der Waals surface area contributed by atoms with E-state index in [-0.39, 0.29) is 18.2 Å². The normalized spacial score (nSPS) is 15.1. The molecule has 200 valence electrons. The van der Waals surface area contributed by atoms with E-state index in [1.807, 2.05) is 0 Å². The Morgan fingerprint density at radius 1 is 1.05 bits per heavy atom. The quantitative estimate of drug-likeness (QED) is 0.336.